The first-order chi connectivity index (χ1) is 12.7. The molecule has 5 nitrogen and oxygen atoms in total. The van der Waals surface area contributed by atoms with Gasteiger partial charge in [0.25, 0.3) is 5.91 Å². The molecule has 3 heterocycles. The van der Waals surface area contributed by atoms with E-state index in [1.807, 2.05) is 18.2 Å². The summed E-state index contributed by atoms with van der Waals surface area (Å²) in [5.41, 5.74) is 1.31. The number of rotatable bonds is 3. The highest BCUT2D eigenvalue weighted by molar-refractivity contribution is 5.93. The maximum Gasteiger partial charge on any atom is 0.289 e. The molecule has 132 valence electrons. The lowest BCUT2D eigenvalue weighted by Gasteiger charge is -2.32. The van der Waals surface area contributed by atoms with Gasteiger partial charge < -0.3 is 9.32 Å². The second kappa shape index (κ2) is 7.12. The Kier molecular flexibility index (Phi) is 4.52. The van der Waals surface area contributed by atoms with Gasteiger partial charge in [-0.25, -0.2) is 0 Å². The van der Waals surface area contributed by atoms with E-state index in [4.69, 9.17) is 4.42 Å². The molecule has 1 fully saturated rings. The highest BCUT2D eigenvalue weighted by Gasteiger charge is 2.26. The number of benzene rings is 1. The van der Waals surface area contributed by atoms with E-state index in [2.05, 4.69) is 4.98 Å². The van der Waals surface area contributed by atoms with Gasteiger partial charge in [-0.05, 0) is 49.4 Å². The Balaban J connectivity index is 1.53. The molecular weight excluding hydrogens is 328 g/mol. The van der Waals surface area contributed by atoms with Crippen LogP contribution < -0.4 is 5.43 Å². The standard InChI is InChI=1S/C21H20N2O3/c24-18-13-20(26-19-9-2-1-8-17(18)19)21(25)23-11-5-6-15(14-23)12-16-7-3-4-10-22-16/h1-4,7-10,13,15H,5-6,11-12,14H2/t15-/m1/s1. The number of amides is 1. The average molecular weight is 348 g/mol. The predicted octanol–water partition coefficient (Wildman–Crippen LogP) is 3.28. The fourth-order valence-electron chi connectivity index (χ4n) is 3.60. The number of fused-ring (bicyclic) bond motifs is 1. The fourth-order valence-corrected chi connectivity index (χ4v) is 3.60. The van der Waals surface area contributed by atoms with Crippen LogP contribution in [0.5, 0.6) is 0 Å². The smallest absolute Gasteiger partial charge is 0.289 e. The van der Waals surface area contributed by atoms with Crippen LogP contribution in [0.2, 0.25) is 0 Å². The van der Waals surface area contributed by atoms with Gasteiger partial charge in [-0.15, -0.1) is 0 Å². The molecule has 1 aliphatic heterocycles. The minimum Gasteiger partial charge on any atom is -0.451 e. The highest BCUT2D eigenvalue weighted by Crippen LogP contribution is 2.22. The summed E-state index contributed by atoms with van der Waals surface area (Å²) in [4.78, 5) is 31.3. The first-order valence-electron chi connectivity index (χ1n) is 8.93. The molecule has 26 heavy (non-hydrogen) atoms. The first-order valence-corrected chi connectivity index (χ1v) is 8.93. The quantitative estimate of drug-likeness (QED) is 0.729. The minimum absolute atomic E-state index is 0.118. The number of nitrogens with zero attached hydrogens (tertiary/aromatic N) is 2. The third kappa shape index (κ3) is 3.38. The third-order valence-corrected chi connectivity index (χ3v) is 4.88. The van der Waals surface area contributed by atoms with E-state index in [0.717, 1.165) is 25.0 Å². The lowest BCUT2D eigenvalue weighted by atomic mass is 9.93. The van der Waals surface area contributed by atoms with E-state index in [0.29, 0.717) is 30.0 Å². The van der Waals surface area contributed by atoms with Crippen molar-refractivity contribution >= 4 is 16.9 Å². The molecule has 4 rings (SSSR count). The second-order valence-corrected chi connectivity index (χ2v) is 6.76. The van der Waals surface area contributed by atoms with Gasteiger partial charge in [-0.2, -0.15) is 0 Å². The van der Waals surface area contributed by atoms with Crippen LogP contribution in [0.3, 0.4) is 0 Å². The van der Waals surface area contributed by atoms with E-state index in [1.54, 1.807) is 35.4 Å². The molecule has 1 saturated heterocycles. The minimum atomic E-state index is -0.210. The lowest BCUT2D eigenvalue weighted by molar-refractivity contribution is 0.0641. The number of pyridine rings is 1. The second-order valence-electron chi connectivity index (χ2n) is 6.76. The van der Waals surface area contributed by atoms with Crippen LogP contribution in [0, 0.1) is 5.92 Å². The molecule has 0 bridgehead atoms. The first kappa shape index (κ1) is 16.5. The van der Waals surface area contributed by atoms with Gasteiger partial charge in [0, 0.05) is 31.0 Å². The number of carbonyl (C=O) groups excluding carboxylic acids is 1. The predicted molar refractivity (Wildman–Crippen MR) is 99.1 cm³/mol. The van der Waals surface area contributed by atoms with Crippen LogP contribution in [0.4, 0.5) is 0 Å². The van der Waals surface area contributed by atoms with Crippen LogP contribution in [0.1, 0.15) is 29.1 Å². The molecule has 1 atom stereocenters. The van der Waals surface area contributed by atoms with Crippen molar-refractivity contribution in [3.8, 4) is 0 Å². The Bertz CT molecular complexity index is 981. The van der Waals surface area contributed by atoms with Crippen LogP contribution in [-0.2, 0) is 6.42 Å². The van der Waals surface area contributed by atoms with Crippen molar-refractivity contribution in [1.82, 2.24) is 9.88 Å². The van der Waals surface area contributed by atoms with Crippen molar-refractivity contribution in [2.24, 2.45) is 5.92 Å². The zero-order valence-electron chi connectivity index (χ0n) is 14.4. The highest BCUT2D eigenvalue weighted by atomic mass is 16.3. The molecular formula is C21H20N2O3. The number of aromatic nitrogens is 1. The summed E-state index contributed by atoms with van der Waals surface area (Å²) in [6, 6.07) is 14.2. The normalized spacial score (nSPS) is 17.4. The molecule has 0 spiro atoms. The molecule has 0 unspecified atom stereocenters. The summed E-state index contributed by atoms with van der Waals surface area (Å²) in [5, 5.41) is 0.496. The van der Waals surface area contributed by atoms with Gasteiger partial charge in [-0.3, -0.25) is 14.6 Å². The molecule has 0 aliphatic carbocycles. The van der Waals surface area contributed by atoms with Gasteiger partial charge in [0.15, 0.2) is 11.2 Å². The lowest BCUT2D eigenvalue weighted by Crippen LogP contribution is -2.40. The number of likely N-dealkylation sites (tertiary alicyclic amines) is 1. The van der Waals surface area contributed by atoms with Crippen molar-refractivity contribution < 1.29 is 9.21 Å². The van der Waals surface area contributed by atoms with Gasteiger partial charge >= 0.3 is 0 Å². The Morgan fingerprint density at radius 3 is 2.88 bits per heavy atom. The van der Waals surface area contributed by atoms with Gasteiger partial charge in [0.1, 0.15) is 5.58 Å². The SMILES string of the molecule is O=C(c1cc(=O)c2ccccc2o1)N1CCC[C@H](Cc2ccccn2)C1. The molecule has 1 aliphatic rings. The molecule has 0 saturated carbocycles. The molecule has 3 aromatic rings. The van der Waals surface area contributed by atoms with E-state index >= 15 is 0 Å². The molecule has 1 aromatic carbocycles. The summed E-state index contributed by atoms with van der Waals surface area (Å²) in [6.07, 6.45) is 4.67. The van der Waals surface area contributed by atoms with Gasteiger partial charge in [-0.1, -0.05) is 18.2 Å². The summed E-state index contributed by atoms with van der Waals surface area (Å²) >= 11 is 0. The fraction of sp³-hybridized carbons (Fsp3) is 0.286. The van der Waals surface area contributed by atoms with Gasteiger partial charge in [0.2, 0.25) is 0 Å². The van der Waals surface area contributed by atoms with Crippen molar-refractivity contribution in [2.45, 2.75) is 19.3 Å². The van der Waals surface area contributed by atoms with Crippen LogP contribution in [0.15, 0.2) is 63.9 Å². The van der Waals surface area contributed by atoms with E-state index in [-0.39, 0.29) is 17.1 Å². The number of hydrogen-bond acceptors (Lipinski definition) is 4. The molecule has 1 amide bonds. The van der Waals surface area contributed by atoms with E-state index in [9.17, 15) is 9.59 Å². The Morgan fingerprint density at radius 2 is 2.04 bits per heavy atom. The van der Waals surface area contributed by atoms with Crippen molar-refractivity contribution in [1.29, 1.82) is 0 Å². The Labute approximate surface area is 151 Å². The summed E-state index contributed by atoms with van der Waals surface area (Å²) in [5.74, 6) is 0.278. The monoisotopic (exact) mass is 348 g/mol. The number of carbonyl (C=O) groups is 1. The Morgan fingerprint density at radius 1 is 1.19 bits per heavy atom. The third-order valence-electron chi connectivity index (χ3n) is 4.88. The summed E-state index contributed by atoms with van der Waals surface area (Å²) in [7, 11) is 0. The van der Waals surface area contributed by atoms with Crippen molar-refractivity contribution in [3.05, 3.63) is 76.4 Å². The molecule has 2 aromatic heterocycles. The number of hydrogen-bond donors (Lipinski definition) is 0. The van der Waals surface area contributed by atoms with E-state index in [1.165, 1.54) is 6.07 Å². The van der Waals surface area contributed by atoms with Crippen LogP contribution in [-0.4, -0.2) is 28.9 Å². The zero-order chi connectivity index (χ0) is 17.9. The zero-order valence-corrected chi connectivity index (χ0v) is 14.4. The summed E-state index contributed by atoms with van der Waals surface area (Å²) < 4.78 is 5.71. The van der Waals surface area contributed by atoms with Gasteiger partial charge in [0.05, 0.1) is 5.39 Å². The van der Waals surface area contributed by atoms with Crippen LogP contribution >= 0.6 is 0 Å². The van der Waals surface area contributed by atoms with Crippen LogP contribution in [0.25, 0.3) is 11.0 Å². The molecule has 0 N–H and O–H groups in total. The summed E-state index contributed by atoms with van der Waals surface area (Å²) in [6.45, 7) is 1.35. The van der Waals surface area contributed by atoms with E-state index < -0.39 is 0 Å². The topological polar surface area (TPSA) is 63.4 Å². The number of piperidine rings is 1. The number of para-hydroxylation sites is 1. The molecule has 5 heteroatoms. The molecule has 0 radical (unpaired) electrons. The maximum absolute atomic E-state index is 12.9. The largest absolute Gasteiger partial charge is 0.451 e. The Hall–Kier alpha value is -2.95. The maximum atomic E-state index is 12.9. The van der Waals surface area contributed by atoms with Crippen molar-refractivity contribution in [2.75, 3.05) is 13.1 Å². The average Bonchev–Trinajstić information content (AvgIpc) is 2.68. The van der Waals surface area contributed by atoms with Crippen molar-refractivity contribution in [3.63, 3.8) is 0 Å².